The summed E-state index contributed by atoms with van der Waals surface area (Å²) >= 11 is 0. The predicted molar refractivity (Wildman–Crippen MR) is 105 cm³/mol. The monoisotopic (exact) mass is 384 g/mol. The first-order valence-electron chi connectivity index (χ1n) is 9.38. The molecule has 0 radical (unpaired) electrons. The number of benzene rings is 2. The van der Waals surface area contributed by atoms with Gasteiger partial charge in [0, 0.05) is 21.0 Å². The van der Waals surface area contributed by atoms with E-state index in [0.717, 1.165) is 22.3 Å². The molecule has 7 nitrogen and oxygen atoms in total. The van der Waals surface area contributed by atoms with Crippen LogP contribution in [0.4, 0.5) is 0 Å². The Hall–Kier alpha value is -2.80. The van der Waals surface area contributed by atoms with Crippen molar-refractivity contribution in [3.05, 3.63) is 91.0 Å². The van der Waals surface area contributed by atoms with Crippen LogP contribution in [0.25, 0.3) is 0 Å². The molecular formula is C21H26N3O4+. The van der Waals surface area contributed by atoms with Crippen LogP contribution in [0.3, 0.4) is 0 Å². The third-order valence-electron chi connectivity index (χ3n) is 5.93. The van der Waals surface area contributed by atoms with E-state index in [9.17, 15) is 20.2 Å². The number of rotatable bonds is 4. The summed E-state index contributed by atoms with van der Waals surface area (Å²) in [7, 11) is 0. The van der Waals surface area contributed by atoms with E-state index in [2.05, 4.69) is 0 Å². The second kappa shape index (κ2) is 7.31. The lowest BCUT2D eigenvalue weighted by Gasteiger charge is -2.41. The minimum Gasteiger partial charge on any atom is -0.322 e. The Bertz CT molecular complexity index is 841. The van der Waals surface area contributed by atoms with E-state index < -0.39 is 29.6 Å². The molecule has 1 saturated heterocycles. The number of nitrogens with two attached hydrogens (primary N) is 1. The molecule has 0 spiro atoms. The van der Waals surface area contributed by atoms with Crippen molar-refractivity contribution in [2.75, 3.05) is 0 Å². The highest BCUT2D eigenvalue weighted by Gasteiger charge is 2.65. The summed E-state index contributed by atoms with van der Waals surface area (Å²) in [5.41, 5.74) is 2.54. The molecule has 148 valence electrons. The highest BCUT2D eigenvalue weighted by molar-refractivity contribution is 5.28. The molecule has 3 rings (SSSR count). The van der Waals surface area contributed by atoms with E-state index in [1.165, 1.54) is 0 Å². The molecule has 2 N–H and O–H groups in total. The molecule has 1 aliphatic rings. The van der Waals surface area contributed by atoms with Gasteiger partial charge in [0.25, 0.3) is 12.1 Å². The summed E-state index contributed by atoms with van der Waals surface area (Å²) in [5, 5.41) is 26.0. The smallest absolute Gasteiger partial charge is 0.279 e. The molecular weight excluding hydrogens is 358 g/mol. The van der Waals surface area contributed by atoms with Crippen molar-refractivity contribution in [2.45, 2.75) is 51.9 Å². The Morgan fingerprint density at radius 3 is 1.54 bits per heavy atom. The molecule has 2 aromatic rings. The van der Waals surface area contributed by atoms with Crippen molar-refractivity contribution in [1.82, 2.24) is 0 Å². The largest absolute Gasteiger partial charge is 0.322 e. The van der Waals surface area contributed by atoms with Gasteiger partial charge in [-0.15, -0.1) is 0 Å². The normalized spacial score (nSPS) is 26.6. The number of hydrogen-bond donors (Lipinski definition) is 1. The van der Waals surface area contributed by atoms with E-state index in [1.54, 1.807) is 13.8 Å². The molecule has 7 heteroatoms. The fraction of sp³-hybridized carbons (Fsp3) is 0.429. The lowest BCUT2D eigenvalue weighted by Crippen LogP contribution is -2.96. The van der Waals surface area contributed by atoms with Gasteiger partial charge in [0.15, 0.2) is 12.1 Å². The summed E-state index contributed by atoms with van der Waals surface area (Å²) in [6, 6.07) is 12.1. The number of aryl methyl sites for hydroxylation is 2. The maximum Gasteiger partial charge on any atom is 0.279 e. The average molecular weight is 384 g/mol. The van der Waals surface area contributed by atoms with Crippen LogP contribution in [-0.4, -0.2) is 21.9 Å². The molecule has 0 bridgehead atoms. The van der Waals surface area contributed by atoms with Crippen molar-refractivity contribution in [3.63, 3.8) is 0 Å². The zero-order valence-corrected chi connectivity index (χ0v) is 16.5. The van der Waals surface area contributed by atoms with Crippen molar-refractivity contribution in [1.29, 1.82) is 0 Å². The van der Waals surface area contributed by atoms with Crippen LogP contribution < -0.4 is 5.32 Å². The maximum absolute atomic E-state index is 12.1. The number of hydrogen-bond acceptors (Lipinski definition) is 4. The number of quaternary nitrogens is 1. The molecule has 0 unspecified atom stereocenters. The van der Waals surface area contributed by atoms with Crippen LogP contribution >= 0.6 is 0 Å². The highest BCUT2D eigenvalue weighted by Crippen LogP contribution is 2.43. The third-order valence-corrected chi connectivity index (χ3v) is 5.93. The molecule has 1 heterocycles. The van der Waals surface area contributed by atoms with E-state index in [4.69, 9.17) is 0 Å². The Labute approximate surface area is 164 Å². The Kier molecular flexibility index (Phi) is 5.21. The molecule has 2 aromatic carbocycles. The first-order chi connectivity index (χ1) is 13.1. The quantitative estimate of drug-likeness (QED) is 0.646. The molecule has 0 aliphatic carbocycles. The summed E-state index contributed by atoms with van der Waals surface area (Å²) in [6.07, 6.45) is 0. The zero-order chi connectivity index (χ0) is 20.6. The summed E-state index contributed by atoms with van der Waals surface area (Å²) < 4.78 is 0. The highest BCUT2D eigenvalue weighted by atomic mass is 16.6. The van der Waals surface area contributed by atoms with Gasteiger partial charge in [-0.25, -0.2) is 0 Å². The molecule has 0 amide bonds. The summed E-state index contributed by atoms with van der Waals surface area (Å²) in [4.78, 5) is 23.5. The fourth-order valence-corrected chi connectivity index (χ4v) is 4.68. The summed E-state index contributed by atoms with van der Waals surface area (Å²) in [5.74, 6) is 0. The van der Waals surface area contributed by atoms with Gasteiger partial charge >= 0.3 is 0 Å². The second-order valence-electron chi connectivity index (χ2n) is 8.35. The standard InChI is InChI=1S/C21H25N3O4/c1-13-7-5-9-15(11-13)17-19(23(25)26)21(3,4)20(24(27)28)18(22-17)16-10-6-8-14(2)12-16/h5-12,17-20,22H,1-4H3/p+1/t17-,18+,19-,20-/m1/s1. The van der Waals surface area contributed by atoms with Gasteiger partial charge in [0.1, 0.15) is 5.41 Å². The van der Waals surface area contributed by atoms with Gasteiger partial charge in [-0.2, -0.15) is 0 Å². The van der Waals surface area contributed by atoms with E-state index in [1.807, 2.05) is 67.7 Å². The first kappa shape index (κ1) is 19.9. The van der Waals surface area contributed by atoms with E-state index in [0.29, 0.717) is 0 Å². The second-order valence-corrected chi connectivity index (χ2v) is 8.35. The summed E-state index contributed by atoms with van der Waals surface area (Å²) in [6.45, 7) is 7.20. The minimum absolute atomic E-state index is 0.341. The van der Waals surface area contributed by atoms with E-state index in [-0.39, 0.29) is 9.85 Å². The van der Waals surface area contributed by atoms with Gasteiger partial charge in [-0.05, 0) is 39.8 Å². The SMILES string of the molecule is Cc1cccc([C@H]2[NH2+][C@@H](c3cccc(C)c3)[C@@H]([N+](=O)[O-])C(C)(C)[C@@H]2[N+](=O)[O-])c1. The van der Waals surface area contributed by atoms with Crippen molar-refractivity contribution < 1.29 is 15.2 Å². The fourth-order valence-electron chi connectivity index (χ4n) is 4.68. The van der Waals surface area contributed by atoms with Crippen LogP contribution in [0.5, 0.6) is 0 Å². The first-order valence-corrected chi connectivity index (χ1v) is 9.38. The molecule has 4 atom stereocenters. The zero-order valence-electron chi connectivity index (χ0n) is 16.5. The Morgan fingerprint density at radius 1 is 0.821 bits per heavy atom. The van der Waals surface area contributed by atoms with E-state index >= 15 is 0 Å². The topological polar surface area (TPSA) is 103 Å². The van der Waals surface area contributed by atoms with Crippen LogP contribution in [-0.2, 0) is 0 Å². The van der Waals surface area contributed by atoms with Crippen LogP contribution in [0.1, 0.15) is 48.2 Å². The van der Waals surface area contributed by atoms with Gasteiger partial charge in [-0.1, -0.05) is 47.5 Å². The maximum atomic E-state index is 12.1. The van der Waals surface area contributed by atoms with Crippen LogP contribution in [0, 0.1) is 39.5 Å². The molecule has 1 aliphatic heterocycles. The third kappa shape index (κ3) is 3.49. The van der Waals surface area contributed by atoms with Crippen molar-refractivity contribution >= 4 is 0 Å². The average Bonchev–Trinajstić information content (AvgIpc) is 2.59. The molecule has 0 saturated carbocycles. The predicted octanol–water partition coefficient (Wildman–Crippen LogP) is 2.98. The van der Waals surface area contributed by atoms with Crippen LogP contribution in [0.15, 0.2) is 48.5 Å². The van der Waals surface area contributed by atoms with Gasteiger partial charge in [-0.3, -0.25) is 20.2 Å². The molecule has 1 fully saturated rings. The van der Waals surface area contributed by atoms with Crippen molar-refractivity contribution in [2.24, 2.45) is 5.41 Å². The number of nitrogens with zero attached hydrogens (tertiary/aromatic N) is 2. The van der Waals surface area contributed by atoms with Crippen LogP contribution in [0.2, 0.25) is 0 Å². The van der Waals surface area contributed by atoms with Gasteiger partial charge < -0.3 is 5.32 Å². The number of nitro groups is 2. The Morgan fingerprint density at radius 2 is 1.21 bits per heavy atom. The Balaban J connectivity index is 2.18. The lowest BCUT2D eigenvalue weighted by molar-refractivity contribution is -0.818. The lowest BCUT2D eigenvalue weighted by atomic mass is 9.66. The molecule has 28 heavy (non-hydrogen) atoms. The molecule has 0 aromatic heterocycles. The van der Waals surface area contributed by atoms with Gasteiger partial charge in [0.2, 0.25) is 0 Å². The minimum atomic E-state index is -1.13. The number of piperidine rings is 1. The van der Waals surface area contributed by atoms with Gasteiger partial charge in [0.05, 0.1) is 0 Å². The van der Waals surface area contributed by atoms with Crippen molar-refractivity contribution in [3.8, 4) is 0 Å².